The lowest BCUT2D eigenvalue weighted by Crippen LogP contribution is -2.49. The van der Waals surface area contributed by atoms with Gasteiger partial charge >= 0.3 is 0 Å². The van der Waals surface area contributed by atoms with E-state index in [9.17, 15) is 0 Å². The summed E-state index contributed by atoms with van der Waals surface area (Å²) in [5.74, 6) is -0.523. The summed E-state index contributed by atoms with van der Waals surface area (Å²) in [4.78, 5) is 0. The van der Waals surface area contributed by atoms with Crippen LogP contribution in [0.5, 0.6) is 0 Å². The van der Waals surface area contributed by atoms with Crippen molar-refractivity contribution in [3.05, 3.63) is 11.6 Å². The Hall–Kier alpha value is -0.123. The molecule has 0 saturated heterocycles. The maximum Gasteiger partial charge on any atom is 0.195 e. The molecule has 3 heteroatoms. The van der Waals surface area contributed by atoms with Gasteiger partial charge in [0.1, 0.15) is 0 Å². The highest BCUT2D eigenvalue weighted by Gasteiger charge is 2.43. The van der Waals surface area contributed by atoms with Crippen molar-refractivity contribution < 1.29 is 9.16 Å². The minimum absolute atomic E-state index is 0.171. The maximum atomic E-state index is 6.44. The Morgan fingerprint density at radius 3 is 2.00 bits per heavy atom. The third-order valence-electron chi connectivity index (χ3n) is 4.96. The molecule has 0 aliphatic heterocycles. The van der Waals surface area contributed by atoms with E-state index in [1.807, 2.05) is 0 Å². The van der Waals surface area contributed by atoms with Crippen molar-refractivity contribution in [3.8, 4) is 0 Å². The van der Waals surface area contributed by atoms with Crippen LogP contribution in [0.25, 0.3) is 0 Å². The zero-order valence-electron chi connectivity index (χ0n) is 15.2. The molecule has 0 spiro atoms. The van der Waals surface area contributed by atoms with Crippen LogP contribution in [-0.2, 0) is 9.16 Å². The maximum absolute atomic E-state index is 6.44. The van der Waals surface area contributed by atoms with Crippen LogP contribution in [0, 0.1) is 5.41 Å². The van der Waals surface area contributed by atoms with Crippen molar-refractivity contribution in [1.29, 1.82) is 0 Å². The average molecular weight is 299 g/mol. The molecule has 0 heterocycles. The van der Waals surface area contributed by atoms with Crippen LogP contribution in [0.4, 0.5) is 0 Å². The van der Waals surface area contributed by atoms with Gasteiger partial charge in [0.2, 0.25) is 0 Å². The van der Waals surface area contributed by atoms with Gasteiger partial charge in [0.25, 0.3) is 0 Å². The lowest BCUT2D eigenvalue weighted by Gasteiger charge is -2.43. The number of ether oxygens (including phenoxy) is 1. The second kappa shape index (κ2) is 5.26. The molecule has 118 valence electrons. The van der Waals surface area contributed by atoms with Gasteiger partial charge in [-0.1, -0.05) is 46.3 Å². The van der Waals surface area contributed by atoms with Gasteiger partial charge in [-0.15, -0.1) is 0 Å². The van der Waals surface area contributed by atoms with E-state index in [1.165, 1.54) is 5.57 Å². The highest BCUT2D eigenvalue weighted by molar-refractivity contribution is 6.74. The topological polar surface area (TPSA) is 18.5 Å². The van der Waals surface area contributed by atoms with E-state index in [4.69, 9.17) is 9.16 Å². The molecule has 0 aromatic rings. The first-order valence-corrected chi connectivity index (χ1v) is 10.6. The lowest BCUT2D eigenvalue weighted by molar-refractivity contribution is -0.185. The summed E-state index contributed by atoms with van der Waals surface area (Å²) in [7, 11) is -1.81. The highest BCUT2D eigenvalue weighted by Crippen LogP contribution is 2.42. The summed E-state index contributed by atoms with van der Waals surface area (Å²) >= 11 is 0. The molecule has 0 saturated carbocycles. The molecule has 0 radical (unpaired) electrons. The smallest absolute Gasteiger partial charge is 0.195 e. The van der Waals surface area contributed by atoms with Gasteiger partial charge in [0.05, 0.1) is 6.10 Å². The first-order valence-electron chi connectivity index (χ1n) is 7.73. The van der Waals surface area contributed by atoms with Crippen LogP contribution in [0.3, 0.4) is 0 Å². The molecule has 0 N–H and O–H groups in total. The van der Waals surface area contributed by atoms with Gasteiger partial charge in [-0.25, -0.2) is 0 Å². The molecular formula is C17H34O2Si. The number of hydrogen-bond donors (Lipinski definition) is 0. The molecule has 2 nitrogen and oxygen atoms in total. The van der Waals surface area contributed by atoms with Gasteiger partial charge in [-0.2, -0.15) is 0 Å². The lowest BCUT2D eigenvalue weighted by atomic mass is 9.87. The third-order valence-corrected chi connectivity index (χ3v) is 9.57. The first-order chi connectivity index (χ1) is 8.66. The van der Waals surface area contributed by atoms with E-state index in [-0.39, 0.29) is 16.6 Å². The minimum atomic E-state index is -1.81. The largest absolute Gasteiger partial charge is 0.390 e. The van der Waals surface area contributed by atoms with E-state index >= 15 is 0 Å². The van der Waals surface area contributed by atoms with Crippen molar-refractivity contribution in [2.45, 2.75) is 91.8 Å². The quantitative estimate of drug-likeness (QED) is 0.387. The molecule has 1 atom stereocenters. The Morgan fingerprint density at radius 1 is 1.15 bits per heavy atom. The fraction of sp³-hybridized carbons (Fsp3) is 0.882. The Bertz CT molecular complexity index is 386. The van der Waals surface area contributed by atoms with Gasteiger partial charge in [-0.05, 0) is 50.7 Å². The summed E-state index contributed by atoms with van der Waals surface area (Å²) in [6.45, 7) is 22.2. The van der Waals surface area contributed by atoms with Gasteiger partial charge in [0, 0.05) is 0 Å². The van der Waals surface area contributed by atoms with E-state index in [0.29, 0.717) is 0 Å². The fourth-order valence-electron chi connectivity index (χ4n) is 2.46. The fourth-order valence-corrected chi connectivity index (χ4v) is 4.04. The summed E-state index contributed by atoms with van der Waals surface area (Å²) in [6.07, 6.45) is 3.48. The zero-order chi connectivity index (χ0) is 16.0. The van der Waals surface area contributed by atoms with E-state index < -0.39 is 14.1 Å². The Morgan fingerprint density at radius 2 is 1.65 bits per heavy atom. The van der Waals surface area contributed by atoms with Crippen molar-refractivity contribution in [2.75, 3.05) is 0 Å². The number of hydrogen-bond acceptors (Lipinski definition) is 2. The summed E-state index contributed by atoms with van der Waals surface area (Å²) in [6, 6.07) is 0. The summed E-state index contributed by atoms with van der Waals surface area (Å²) in [5.41, 5.74) is 1.67. The monoisotopic (exact) mass is 298 g/mol. The predicted molar refractivity (Wildman–Crippen MR) is 89.4 cm³/mol. The molecule has 0 fully saturated rings. The van der Waals surface area contributed by atoms with Gasteiger partial charge < -0.3 is 9.16 Å². The van der Waals surface area contributed by atoms with Crippen LogP contribution in [0.1, 0.15) is 61.8 Å². The summed E-state index contributed by atoms with van der Waals surface area (Å²) < 4.78 is 12.7. The van der Waals surface area contributed by atoms with E-state index in [1.54, 1.807) is 0 Å². The number of allylic oxidation sites excluding steroid dienone is 1. The van der Waals surface area contributed by atoms with Crippen LogP contribution >= 0.6 is 0 Å². The Balaban J connectivity index is 2.73. The Kier molecular flexibility index (Phi) is 4.71. The van der Waals surface area contributed by atoms with Crippen molar-refractivity contribution >= 4 is 8.32 Å². The van der Waals surface area contributed by atoms with Crippen LogP contribution in [0.2, 0.25) is 18.1 Å². The molecule has 1 aliphatic carbocycles. The molecule has 0 bridgehead atoms. The average Bonchev–Trinajstić information content (AvgIpc) is 2.33. The molecule has 1 aliphatic rings. The SMILES string of the molecule is CC1=CC(OC(C)(C)O[Si](C)(C)C(C)(C)C)CC1(C)C. The minimum Gasteiger partial charge on any atom is -0.390 e. The number of rotatable bonds is 4. The molecule has 1 rings (SSSR count). The standard InChI is InChI=1S/C17H34O2Si/c1-13-11-14(12-16(13,5)6)18-17(7,8)19-20(9,10)15(2,3)4/h11,14H,12H2,1-10H3. The van der Waals surface area contributed by atoms with Crippen LogP contribution in [0.15, 0.2) is 11.6 Å². The highest BCUT2D eigenvalue weighted by atomic mass is 28.4. The van der Waals surface area contributed by atoms with Crippen molar-refractivity contribution in [1.82, 2.24) is 0 Å². The van der Waals surface area contributed by atoms with Crippen molar-refractivity contribution in [2.24, 2.45) is 5.41 Å². The zero-order valence-corrected chi connectivity index (χ0v) is 16.2. The second-order valence-electron chi connectivity index (χ2n) is 8.86. The molecule has 0 aromatic heterocycles. The van der Waals surface area contributed by atoms with Gasteiger partial charge in [0.15, 0.2) is 14.1 Å². The van der Waals surface area contributed by atoms with Gasteiger partial charge in [-0.3, -0.25) is 0 Å². The van der Waals surface area contributed by atoms with E-state index in [2.05, 4.69) is 74.6 Å². The molecule has 0 amide bonds. The Labute approximate surface area is 127 Å². The molecule has 20 heavy (non-hydrogen) atoms. The molecule has 1 unspecified atom stereocenters. The van der Waals surface area contributed by atoms with E-state index in [0.717, 1.165) is 6.42 Å². The second-order valence-corrected chi connectivity index (χ2v) is 13.6. The first kappa shape index (κ1) is 17.9. The normalized spacial score (nSPS) is 23.9. The van der Waals surface area contributed by atoms with Crippen molar-refractivity contribution in [3.63, 3.8) is 0 Å². The molecular weight excluding hydrogens is 264 g/mol. The van der Waals surface area contributed by atoms with Crippen LogP contribution in [-0.4, -0.2) is 20.2 Å². The van der Waals surface area contributed by atoms with Crippen LogP contribution < -0.4 is 0 Å². The summed E-state index contributed by atoms with van der Waals surface area (Å²) in [5, 5.41) is 0.203. The third kappa shape index (κ3) is 4.19. The predicted octanol–water partition coefficient (Wildman–Crippen LogP) is 5.51. The molecule has 0 aromatic carbocycles.